The summed E-state index contributed by atoms with van der Waals surface area (Å²) >= 11 is 7.23. The van der Waals surface area contributed by atoms with Crippen molar-refractivity contribution in [2.24, 2.45) is 0 Å². The summed E-state index contributed by atoms with van der Waals surface area (Å²) in [5, 5.41) is 16.5. The number of thioether (sulfide) groups is 1. The Morgan fingerprint density at radius 1 is 1.19 bits per heavy atom. The molecule has 6 nitrogen and oxygen atoms in total. The van der Waals surface area contributed by atoms with Crippen molar-refractivity contribution in [3.05, 3.63) is 81.5 Å². The van der Waals surface area contributed by atoms with E-state index in [0.29, 0.717) is 13.0 Å². The summed E-state index contributed by atoms with van der Waals surface area (Å²) in [6, 6.07) is 9.83. The fraction of sp³-hybridized carbons (Fsp3) is 0.227. The smallest absolute Gasteiger partial charge is 0.337 e. The van der Waals surface area contributed by atoms with Crippen LogP contribution in [0.2, 0.25) is 5.02 Å². The summed E-state index contributed by atoms with van der Waals surface area (Å²) in [4.78, 5) is 24.7. The second-order valence-electron chi connectivity index (χ2n) is 7.30. The summed E-state index contributed by atoms with van der Waals surface area (Å²) in [6.45, 7) is 1.26. The maximum Gasteiger partial charge on any atom is 0.337 e. The number of hydrogen-bond donors (Lipinski definition) is 2. The Labute approximate surface area is 191 Å². The molecule has 1 saturated heterocycles. The van der Waals surface area contributed by atoms with Crippen LogP contribution in [-0.2, 0) is 5.75 Å². The molecule has 0 amide bonds. The third-order valence-electron chi connectivity index (χ3n) is 5.20. The minimum absolute atomic E-state index is 0.00183. The number of benzene rings is 2. The molecule has 2 N–H and O–H groups in total. The Morgan fingerprint density at radius 3 is 2.56 bits per heavy atom. The molecule has 1 aliphatic rings. The predicted molar refractivity (Wildman–Crippen MR) is 117 cm³/mol. The van der Waals surface area contributed by atoms with E-state index in [1.54, 1.807) is 12.1 Å². The second kappa shape index (κ2) is 9.40. The number of nitrogens with zero attached hydrogens (tertiary/aromatic N) is 2. The molecule has 2 aromatic carbocycles. The molecule has 32 heavy (non-hydrogen) atoms. The van der Waals surface area contributed by atoms with Gasteiger partial charge in [0.05, 0.1) is 16.1 Å². The lowest BCUT2D eigenvalue weighted by atomic mass is 10.1. The number of carboxylic acid groups (broad SMARTS) is 1. The van der Waals surface area contributed by atoms with Crippen LogP contribution in [0, 0.1) is 11.6 Å². The number of hydrogen-bond acceptors (Lipinski definition) is 5. The lowest BCUT2D eigenvalue weighted by Crippen LogP contribution is -2.17. The van der Waals surface area contributed by atoms with Gasteiger partial charge in [0.2, 0.25) is 0 Å². The summed E-state index contributed by atoms with van der Waals surface area (Å²) in [5.41, 5.74) is 0.598. The second-order valence-corrected chi connectivity index (χ2v) is 8.64. The molecule has 1 aliphatic heterocycles. The standard InChI is InChI=1S/C22H18ClF2N3O3S/c23-17-15(2-1-3-16(17)22(30)31)20(29)28-21(32-11-12-4-6-14(24)7-5-12)18(25)19(27-28)13-8-9-26-10-13/h1-7,13,26H,8-11H2,(H,30,31). The lowest BCUT2D eigenvalue weighted by Gasteiger charge is -2.09. The molecule has 4 rings (SSSR count). The quantitative estimate of drug-likeness (QED) is 0.506. The zero-order valence-corrected chi connectivity index (χ0v) is 18.2. The fourth-order valence-electron chi connectivity index (χ4n) is 3.52. The van der Waals surface area contributed by atoms with Gasteiger partial charge in [0.15, 0.2) is 5.82 Å². The maximum absolute atomic E-state index is 15.4. The molecule has 1 atom stereocenters. The first-order chi connectivity index (χ1) is 15.4. The Kier molecular flexibility index (Phi) is 6.59. The summed E-state index contributed by atoms with van der Waals surface area (Å²) in [5.74, 6) is -2.88. The van der Waals surface area contributed by atoms with Crippen LogP contribution in [-0.4, -0.2) is 39.9 Å². The van der Waals surface area contributed by atoms with Gasteiger partial charge in [0.25, 0.3) is 5.91 Å². The van der Waals surface area contributed by atoms with E-state index in [2.05, 4.69) is 10.4 Å². The average molecular weight is 478 g/mol. The topological polar surface area (TPSA) is 84.2 Å². The van der Waals surface area contributed by atoms with Gasteiger partial charge >= 0.3 is 5.97 Å². The molecule has 166 valence electrons. The molecule has 1 aromatic heterocycles. The molecule has 0 aliphatic carbocycles. The Bertz CT molecular complexity index is 1180. The number of nitrogens with one attached hydrogen (secondary N) is 1. The SMILES string of the molecule is O=C(O)c1cccc(C(=O)n2nc(C3CCNC3)c(F)c2SCc2ccc(F)cc2)c1Cl. The number of carboxylic acids is 1. The minimum atomic E-state index is -1.28. The van der Waals surface area contributed by atoms with Gasteiger partial charge in [0.1, 0.15) is 16.5 Å². The highest BCUT2D eigenvalue weighted by Gasteiger charge is 2.31. The highest BCUT2D eigenvalue weighted by molar-refractivity contribution is 7.98. The molecule has 0 radical (unpaired) electrons. The van der Waals surface area contributed by atoms with E-state index in [9.17, 15) is 19.1 Å². The number of aromatic nitrogens is 2. The molecular formula is C22H18ClF2N3O3S. The summed E-state index contributed by atoms with van der Waals surface area (Å²) in [7, 11) is 0. The van der Waals surface area contributed by atoms with Crippen molar-refractivity contribution in [1.29, 1.82) is 0 Å². The molecule has 3 aromatic rings. The van der Waals surface area contributed by atoms with E-state index in [1.165, 1.54) is 30.3 Å². The Balaban J connectivity index is 1.73. The zero-order valence-electron chi connectivity index (χ0n) is 16.6. The van der Waals surface area contributed by atoms with Crippen molar-refractivity contribution in [2.75, 3.05) is 13.1 Å². The van der Waals surface area contributed by atoms with E-state index >= 15 is 4.39 Å². The van der Waals surface area contributed by atoms with Gasteiger partial charge < -0.3 is 10.4 Å². The highest BCUT2D eigenvalue weighted by atomic mass is 35.5. The van der Waals surface area contributed by atoms with Crippen molar-refractivity contribution in [1.82, 2.24) is 15.1 Å². The molecule has 2 heterocycles. The third kappa shape index (κ3) is 4.41. The van der Waals surface area contributed by atoms with Crippen molar-refractivity contribution >= 4 is 35.2 Å². The van der Waals surface area contributed by atoms with E-state index in [1.807, 2.05) is 0 Å². The van der Waals surface area contributed by atoms with Crippen LogP contribution >= 0.6 is 23.4 Å². The normalized spacial score (nSPS) is 15.8. The summed E-state index contributed by atoms with van der Waals surface area (Å²) in [6.07, 6.45) is 0.680. The first kappa shape index (κ1) is 22.4. The van der Waals surface area contributed by atoms with Gasteiger partial charge in [-0.3, -0.25) is 4.79 Å². The Morgan fingerprint density at radius 2 is 1.91 bits per heavy atom. The predicted octanol–water partition coefficient (Wildman–Crippen LogP) is 4.57. The molecule has 0 spiro atoms. The van der Waals surface area contributed by atoms with E-state index in [-0.39, 0.29) is 44.4 Å². The van der Waals surface area contributed by atoms with E-state index in [0.717, 1.165) is 28.6 Å². The van der Waals surface area contributed by atoms with Crippen LogP contribution in [0.25, 0.3) is 0 Å². The van der Waals surface area contributed by atoms with Crippen LogP contribution < -0.4 is 5.32 Å². The van der Waals surface area contributed by atoms with E-state index in [4.69, 9.17) is 11.6 Å². The highest BCUT2D eigenvalue weighted by Crippen LogP contribution is 2.34. The van der Waals surface area contributed by atoms with Gasteiger partial charge in [-0.1, -0.05) is 41.6 Å². The molecular weight excluding hydrogens is 460 g/mol. The van der Waals surface area contributed by atoms with Crippen LogP contribution in [0.3, 0.4) is 0 Å². The fourth-order valence-corrected chi connectivity index (χ4v) is 4.78. The molecule has 1 unspecified atom stereocenters. The third-order valence-corrected chi connectivity index (χ3v) is 6.71. The van der Waals surface area contributed by atoms with Crippen molar-refractivity contribution in [3.8, 4) is 0 Å². The summed E-state index contributed by atoms with van der Waals surface area (Å²) < 4.78 is 29.6. The Hall–Kier alpha value is -2.75. The number of carbonyl (C=O) groups excluding carboxylic acids is 1. The molecule has 0 bridgehead atoms. The molecule has 10 heteroatoms. The van der Waals surface area contributed by atoms with Crippen LogP contribution in [0.15, 0.2) is 47.5 Å². The first-order valence-corrected chi connectivity index (χ1v) is 11.2. The molecule has 1 fully saturated rings. The first-order valence-electron chi connectivity index (χ1n) is 9.79. The van der Waals surface area contributed by atoms with Crippen molar-refractivity contribution in [3.63, 3.8) is 0 Å². The zero-order chi connectivity index (χ0) is 22.8. The molecule has 0 saturated carbocycles. The van der Waals surface area contributed by atoms with Gasteiger partial charge in [-0.2, -0.15) is 9.78 Å². The van der Waals surface area contributed by atoms with Crippen LogP contribution in [0.1, 0.15) is 44.3 Å². The lowest BCUT2D eigenvalue weighted by molar-refractivity contribution is 0.0697. The minimum Gasteiger partial charge on any atom is -0.478 e. The van der Waals surface area contributed by atoms with Crippen LogP contribution in [0.4, 0.5) is 8.78 Å². The largest absolute Gasteiger partial charge is 0.478 e. The van der Waals surface area contributed by atoms with Crippen molar-refractivity contribution < 1.29 is 23.5 Å². The number of halogens is 3. The number of rotatable bonds is 6. The van der Waals surface area contributed by atoms with Crippen LogP contribution in [0.5, 0.6) is 0 Å². The van der Waals surface area contributed by atoms with Crippen molar-refractivity contribution in [2.45, 2.75) is 23.1 Å². The average Bonchev–Trinajstić information content (AvgIpc) is 3.41. The number of carbonyl (C=O) groups is 2. The van der Waals surface area contributed by atoms with Gasteiger partial charge in [0, 0.05) is 18.2 Å². The van der Waals surface area contributed by atoms with Gasteiger partial charge in [-0.15, -0.1) is 0 Å². The van der Waals surface area contributed by atoms with Gasteiger partial charge in [-0.05, 0) is 42.8 Å². The monoisotopic (exact) mass is 477 g/mol. The number of aromatic carboxylic acids is 1. The van der Waals surface area contributed by atoms with Gasteiger partial charge in [-0.25, -0.2) is 13.6 Å². The van der Waals surface area contributed by atoms with E-state index < -0.39 is 17.7 Å². The maximum atomic E-state index is 15.4.